The molecule has 1 aromatic rings. The molecule has 0 aromatic heterocycles. The molecule has 122 valence electrons. The summed E-state index contributed by atoms with van der Waals surface area (Å²) in [5.74, 6) is 0.210. The van der Waals surface area contributed by atoms with E-state index in [-0.39, 0.29) is 18.4 Å². The maximum atomic E-state index is 12.0. The van der Waals surface area contributed by atoms with E-state index in [9.17, 15) is 9.59 Å². The molecule has 1 unspecified atom stereocenters. The Labute approximate surface area is 134 Å². The first-order valence-corrected chi connectivity index (χ1v) is 7.42. The number of nitrogens with zero attached hydrogens (tertiary/aromatic N) is 1. The summed E-state index contributed by atoms with van der Waals surface area (Å²) in [6.07, 6.45) is 2.42. The van der Waals surface area contributed by atoms with E-state index in [1.807, 2.05) is 6.07 Å². The first-order chi connectivity index (χ1) is 11.1. The summed E-state index contributed by atoms with van der Waals surface area (Å²) in [5.41, 5.74) is 0.439. The van der Waals surface area contributed by atoms with Gasteiger partial charge in [-0.25, -0.2) is 0 Å². The second kappa shape index (κ2) is 8.03. The third kappa shape index (κ3) is 4.61. The lowest BCUT2D eigenvalue weighted by Crippen LogP contribution is -2.46. The van der Waals surface area contributed by atoms with Gasteiger partial charge in [-0.3, -0.25) is 9.59 Å². The van der Waals surface area contributed by atoms with Crippen molar-refractivity contribution in [3.63, 3.8) is 0 Å². The summed E-state index contributed by atoms with van der Waals surface area (Å²) in [6.45, 7) is 0.413. The Bertz CT molecular complexity index is 624. The van der Waals surface area contributed by atoms with E-state index in [2.05, 4.69) is 10.6 Å². The predicted molar refractivity (Wildman–Crippen MR) is 82.0 cm³/mol. The van der Waals surface area contributed by atoms with E-state index < -0.39 is 6.04 Å². The number of rotatable bonds is 5. The van der Waals surface area contributed by atoms with Crippen LogP contribution < -0.4 is 20.1 Å². The van der Waals surface area contributed by atoms with Crippen molar-refractivity contribution in [2.24, 2.45) is 0 Å². The molecule has 0 radical (unpaired) electrons. The molecule has 0 aliphatic carbocycles. The number of nitriles is 1. The van der Waals surface area contributed by atoms with Crippen molar-refractivity contribution < 1.29 is 19.1 Å². The highest BCUT2D eigenvalue weighted by Crippen LogP contribution is 2.27. The van der Waals surface area contributed by atoms with Gasteiger partial charge in [-0.05, 0) is 31.4 Å². The summed E-state index contributed by atoms with van der Waals surface area (Å²) in [6, 6.07) is 6.17. The van der Waals surface area contributed by atoms with Crippen LogP contribution in [-0.2, 0) is 9.59 Å². The summed E-state index contributed by atoms with van der Waals surface area (Å²) < 4.78 is 10.6. The lowest BCUT2D eigenvalue weighted by atomic mass is 10.1. The van der Waals surface area contributed by atoms with E-state index in [1.165, 1.54) is 13.2 Å². The lowest BCUT2D eigenvalue weighted by molar-refractivity contribution is -0.129. The molecule has 1 saturated heterocycles. The minimum atomic E-state index is -0.517. The molecule has 1 heterocycles. The van der Waals surface area contributed by atoms with Crippen molar-refractivity contribution in [3.05, 3.63) is 23.8 Å². The molecule has 1 aromatic carbocycles. The fraction of sp³-hybridized carbons (Fsp3) is 0.438. The number of carbonyl (C=O) groups is 2. The number of hydrogen-bond acceptors (Lipinski definition) is 5. The van der Waals surface area contributed by atoms with Gasteiger partial charge in [0.05, 0.1) is 18.7 Å². The molecule has 2 rings (SSSR count). The third-order valence-corrected chi connectivity index (χ3v) is 3.52. The Balaban J connectivity index is 1.91. The van der Waals surface area contributed by atoms with Gasteiger partial charge >= 0.3 is 0 Å². The number of carbonyl (C=O) groups excluding carboxylic acids is 2. The van der Waals surface area contributed by atoms with Gasteiger partial charge in [0, 0.05) is 12.6 Å². The fourth-order valence-corrected chi connectivity index (χ4v) is 2.31. The summed E-state index contributed by atoms with van der Waals surface area (Å²) in [4.78, 5) is 23.7. The second-order valence-corrected chi connectivity index (χ2v) is 5.17. The quantitative estimate of drug-likeness (QED) is 0.834. The molecular weight excluding hydrogens is 298 g/mol. The van der Waals surface area contributed by atoms with Crippen LogP contribution in [0, 0.1) is 11.3 Å². The minimum Gasteiger partial charge on any atom is -0.493 e. The van der Waals surface area contributed by atoms with Gasteiger partial charge in [0.2, 0.25) is 5.91 Å². The lowest BCUT2D eigenvalue weighted by Gasteiger charge is -2.16. The van der Waals surface area contributed by atoms with Gasteiger partial charge < -0.3 is 20.1 Å². The van der Waals surface area contributed by atoms with Crippen LogP contribution in [0.5, 0.6) is 11.5 Å². The SMILES string of the molecule is COc1cc(C#N)ccc1OCC(=O)NC1CCCCNC1=O. The smallest absolute Gasteiger partial charge is 0.258 e. The zero-order valence-electron chi connectivity index (χ0n) is 12.9. The molecule has 2 N–H and O–H groups in total. The molecule has 0 bridgehead atoms. The molecule has 2 amide bonds. The van der Waals surface area contributed by atoms with E-state index in [0.29, 0.717) is 30.0 Å². The number of nitrogens with one attached hydrogen (secondary N) is 2. The molecule has 1 aliphatic heterocycles. The van der Waals surface area contributed by atoms with Gasteiger partial charge in [0.15, 0.2) is 18.1 Å². The Morgan fingerprint density at radius 1 is 1.43 bits per heavy atom. The van der Waals surface area contributed by atoms with E-state index >= 15 is 0 Å². The topological polar surface area (TPSA) is 100 Å². The third-order valence-electron chi connectivity index (χ3n) is 3.52. The zero-order chi connectivity index (χ0) is 16.7. The van der Waals surface area contributed by atoms with Gasteiger partial charge in [-0.15, -0.1) is 0 Å². The highest BCUT2D eigenvalue weighted by molar-refractivity contribution is 5.88. The number of benzene rings is 1. The normalized spacial score (nSPS) is 17.4. The molecule has 1 aliphatic rings. The van der Waals surface area contributed by atoms with Crippen molar-refractivity contribution in [2.45, 2.75) is 25.3 Å². The number of methoxy groups -OCH3 is 1. The van der Waals surface area contributed by atoms with E-state index in [0.717, 1.165) is 12.8 Å². The maximum Gasteiger partial charge on any atom is 0.258 e. The molecule has 0 saturated carbocycles. The van der Waals surface area contributed by atoms with Crippen LogP contribution in [0.15, 0.2) is 18.2 Å². The highest BCUT2D eigenvalue weighted by Gasteiger charge is 2.22. The average molecular weight is 317 g/mol. The largest absolute Gasteiger partial charge is 0.493 e. The summed E-state index contributed by atoms with van der Waals surface area (Å²) in [5, 5.41) is 14.3. The van der Waals surface area contributed by atoms with Crippen LogP contribution in [0.4, 0.5) is 0 Å². The first kappa shape index (κ1) is 16.6. The van der Waals surface area contributed by atoms with Crippen LogP contribution >= 0.6 is 0 Å². The highest BCUT2D eigenvalue weighted by atomic mass is 16.5. The van der Waals surface area contributed by atoms with Gasteiger partial charge in [0.1, 0.15) is 6.04 Å². The number of ether oxygens (including phenoxy) is 2. The van der Waals surface area contributed by atoms with Gasteiger partial charge in [0.25, 0.3) is 5.91 Å². The van der Waals surface area contributed by atoms with Gasteiger partial charge in [-0.2, -0.15) is 5.26 Å². The second-order valence-electron chi connectivity index (χ2n) is 5.17. The van der Waals surface area contributed by atoms with E-state index in [1.54, 1.807) is 12.1 Å². The molecule has 7 nitrogen and oxygen atoms in total. The first-order valence-electron chi connectivity index (χ1n) is 7.42. The van der Waals surface area contributed by atoms with Crippen LogP contribution in [0.2, 0.25) is 0 Å². The van der Waals surface area contributed by atoms with Crippen LogP contribution in [0.3, 0.4) is 0 Å². The number of amides is 2. The van der Waals surface area contributed by atoms with Crippen LogP contribution in [0.25, 0.3) is 0 Å². The Morgan fingerprint density at radius 2 is 2.26 bits per heavy atom. The van der Waals surface area contributed by atoms with Crippen LogP contribution in [0.1, 0.15) is 24.8 Å². The minimum absolute atomic E-state index is 0.160. The molecule has 1 atom stereocenters. The molecular formula is C16H19N3O4. The number of hydrogen-bond donors (Lipinski definition) is 2. The molecule has 7 heteroatoms. The predicted octanol–water partition coefficient (Wildman–Crippen LogP) is 0.731. The monoisotopic (exact) mass is 317 g/mol. The van der Waals surface area contributed by atoms with Crippen molar-refractivity contribution in [1.82, 2.24) is 10.6 Å². The van der Waals surface area contributed by atoms with Crippen molar-refractivity contribution in [3.8, 4) is 17.6 Å². The molecule has 0 spiro atoms. The molecule has 1 fully saturated rings. The van der Waals surface area contributed by atoms with Crippen molar-refractivity contribution in [1.29, 1.82) is 5.26 Å². The van der Waals surface area contributed by atoms with Crippen molar-refractivity contribution >= 4 is 11.8 Å². The Kier molecular flexibility index (Phi) is 5.80. The summed E-state index contributed by atoms with van der Waals surface area (Å²) in [7, 11) is 1.46. The zero-order valence-corrected chi connectivity index (χ0v) is 12.9. The molecule has 23 heavy (non-hydrogen) atoms. The maximum absolute atomic E-state index is 12.0. The van der Waals surface area contributed by atoms with Crippen molar-refractivity contribution in [2.75, 3.05) is 20.3 Å². The summed E-state index contributed by atoms with van der Waals surface area (Å²) >= 11 is 0. The van der Waals surface area contributed by atoms with Gasteiger partial charge in [-0.1, -0.05) is 0 Å². The van der Waals surface area contributed by atoms with E-state index in [4.69, 9.17) is 14.7 Å². The Hall–Kier alpha value is -2.75. The fourth-order valence-electron chi connectivity index (χ4n) is 2.31. The standard InChI is InChI=1S/C16H19N3O4/c1-22-14-8-11(9-17)5-6-13(14)23-10-15(20)19-12-4-2-3-7-18-16(12)21/h5-6,8,12H,2-4,7,10H2,1H3,(H,18,21)(H,19,20). The average Bonchev–Trinajstić information content (AvgIpc) is 2.77. The Morgan fingerprint density at radius 3 is 3.00 bits per heavy atom. The van der Waals surface area contributed by atoms with Crippen LogP contribution in [-0.4, -0.2) is 38.1 Å².